The molecule has 0 heterocycles. The average Bonchev–Trinajstić information content (AvgIpc) is 2.83. The van der Waals surface area contributed by atoms with Gasteiger partial charge in [0.2, 0.25) is 0 Å². The third-order valence-electron chi connectivity index (χ3n) is 3.47. The zero-order chi connectivity index (χ0) is 15.6. The summed E-state index contributed by atoms with van der Waals surface area (Å²) in [5.41, 5.74) is 2.62. The molecule has 1 aliphatic rings. The minimum atomic E-state index is -0.662. The minimum Gasteiger partial charge on any atom is -0.458 e. The summed E-state index contributed by atoms with van der Waals surface area (Å²) < 4.78 is 5.26. The molecule has 1 aromatic rings. The van der Waals surface area contributed by atoms with E-state index in [9.17, 15) is 9.59 Å². The SMILES string of the molecule is C[C@H](NC(=O)c1ccc2c(c1)CCC2)C(=O)OC(C)(C)C. The molecule has 4 nitrogen and oxygen atoms in total. The van der Waals surface area contributed by atoms with Crippen molar-refractivity contribution in [3.05, 3.63) is 34.9 Å². The van der Waals surface area contributed by atoms with E-state index in [0.29, 0.717) is 5.56 Å². The van der Waals surface area contributed by atoms with E-state index in [-0.39, 0.29) is 5.91 Å². The second-order valence-electron chi connectivity index (χ2n) is 6.57. The van der Waals surface area contributed by atoms with Crippen molar-refractivity contribution in [2.75, 3.05) is 0 Å². The van der Waals surface area contributed by atoms with Crippen LogP contribution >= 0.6 is 0 Å². The van der Waals surface area contributed by atoms with Crippen LogP contribution in [-0.4, -0.2) is 23.5 Å². The Morgan fingerprint density at radius 2 is 1.86 bits per heavy atom. The Bertz CT molecular complexity index is 558. The molecule has 1 aliphatic carbocycles. The van der Waals surface area contributed by atoms with Gasteiger partial charge in [-0.05, 0) is 70.2 Å². The first-order chi connectivity index (χ1) is 9.76. The number of benzene rings is 1. The molecule has 0 bridgehead atoms. The Morgan fingerprint density at radius 1 is 1.19 bits per heavy atom. The van der Waals surface area contributed by atoms with E-state index in [2.05, 4.69) is 5.32 Å². The van der Waals surface area contributed by atoms with Gasteiger partial charge in [-0.3, -0.25) is 4.79 Å². The van der Waals surface area contributed by atoms with Crippen LogP contribution in [0.15, 0.2) is 18.2 Å². The monoisotopic (exact) mass is 289 g/mol. The van der Waals surface area contributed by atoms with E-state index in [4.69, 9.17) is 4.74 Å². The number of amides is 1. The van der Waals surface area contributed by atoms with Crippen molar-refractivity contribution in [3.63, 3.8) is 0 Å². The van der Waals surface area contributed by atoms with Gasteiger partial charge in [-0.15, -0.1) is 0 Å². The van der Waals surface area contributed by atoms with Gasteiger partial charge >= 0.3 is 5.97 Å². The Morgan fingerprint density at radius 3 is 2.52 bits per heavy atom. The van der Waals surface area contributed by atoms with Crippen LogP contribution in [0.2, 0.25) is 0 Å². The smallest absolute Gasteiger partial charge is 0.328 e. The first-order valence-electron chi connectivity index (χ1n) is 7.42. The molecular weight excluding hydrogens is 266 g/mol. The van der Waals surface area contributed by atoms with Crippen LogP contribution in [0.4, 0.5) is 0 Å². The number of hydrogen-bond acceptors (Lipinski definition) is 3. The molecule has 0 aromatic heterocycles. The van der Waals surface area contributed by atoms with E-state index >= 15 is 0 Å². The maximum Gasteiger partial charge on any atom is 0.328 e. The second kappa shape index (κ2) is 5.88. The average molecular weight is 289 g/mol. The quantitative estimate of drug-likeness (QED) is 0.870. The van der Waals surface area contributed by atoms with Crippen LogP contribution < -0.4 is 5.32 Å². The van der Waals surface area contributed by atoms with Crippen molar-refractivity contribution in [1.82, 2.24) is 5.32 Å². The van der Waals surface area contributed by atoms with Crippen molar-refractivity contribution in [1.29, 1.82) is 0 Å². The Kier molecular flexibility index (Phi) is 4.35. The molecule has 0 radical (unpaired) electrons. The van der Waals surface area contributed by atoms with Gasteiger partial charge in [-0.25, -0.2) is 4.79 Å². The number of ether oxygens (including phenoxy) is 1. The van der Waals surface area contributed by atoms with E-state index in [1.807, 2.05) is 18.2 Å². The third kappa shape index (κ3) is 4.06. The molecule has 0 saturated carbocycles. The lowest BCUT2D eigenvalue weighted by Gasteiger charge is -2.22. The first-order valence-corrected chi connectivity index (χ1v) is 7.42. The summed E-state index contributed by atoms with van der Waals surface area (Å²) in [6.07, 6.45) is 3.26. The zero-order valence-corrected chi connectivity index (χ0v) is 13.2. The lowest BCUT2D eigenvalue weighted by atomic mass is 10.1. The molecule has 1 aromatic carbocycles. The van der Waals surface area contributed by atoms with Crippen LogP contribution in [0.25, 0.3) is 0 Å². The minimum absolute atomic E-state index is 0.233. The number of rotatable bonds is 3. The number of aryl methyl sites for hydroxylation is 2. The summed E-state index contributed by atoms with van der Waals surface area (Å²) in [7, 11) is 0. The highest BCUT2D eigenvalue weighted by Crippen LogP contribution is 2.22. The lowest BCUT2D eigenvalue weighted by Crippen LogP contribution is -2.42. The standard InChI is InChI=1S/C17H23NO3/c1-11(16(20)21-17(2,3)4)18-15(19)14-9-8-12-6-5-7-13(12)10-14/h8-11H,5-7H2,1-4H3,(H,18,19)/t11-/m0/s1. The molecule has 2 rings (SSSR count). The summed E-state index contributed by atoms with van der Waals surface area (Å²) in [6.45, 7) is 7.05. The van der Waals surface area contributed by atoms with Gasteiger partial charge in [0.25, 0.3) is 5.91 Å². The highest BCUT2D eigenvalue weighted by Gasteiger charge is 2.23. The Hall–Kier alpha value is -1.84. The topological polar surface area (TPSA) is 55.4 Å². The largest absolute Gasteiger partial charge is 0.458 e. The summed E-state index contributed by atoms with van der Waals surface area (Å²) in [5, 5.41) is 2.70. The second-order valence-corrected chi connectivity index (χ2v) is 6.57. The summed E-state index contributed by atoms with van der Waals surface area (Å²) in [5.74, 6) is -0.653. The van der Waals surface area contributed by atoms with Crippen molar-refractivity contribution >= 4 is 11.9 Å². The van der Waals surface area contributed by atoms with Gasteiger partial charge in [-0.2, -0.15) is 0 Å². The third-order valence-corrected chi connectivity index (χ3v) is 3.47. The summed E-state index contributed by atoms with van der Waals surface area (Å²) in [6, 6.07) is 5.10. The number of fused-ring (bicyclic) bond motifs is 1. The Balaban J connectivity index is 1.99. The number of carbonyl (C=O) groups is 2. The highest BCUT2D eigenvalue weighted by molar-refractivity contribution is 5.97. The highest BCUT2D eigenvalue weighted by atomic mass is 16.6. The molecule has 0 spiro atoms. The van der Waals surface area contributed by atoms with Crippen molar-refractivity contribution in [2.45, 2.75) is 58.6 Å². The number of hydrogen-bond donors (Lipinski definition) is 1. The molecule has 0 aliphatic heterocycles. The van der Waals surface area contributed by atoms with Crippen molar-refractivity contribution in [3.8, 4) is 0 Å². The summed E-state index contributed by atoms with van der Waals surface area (Å²) >= 11 is 0. The molecule has 1 amide bonds. The summed E-state index contributed by atoms with van der Waals surface area (Å²) in [4.78, 5) is 24.1. The molecule has 21 heavy (non-hydrogen) atoms. The fourth-order valence-corrected chi connectivity index (χ4v) is 2.44. The fraction of sp³-hybridized carbons (Fsp3) is 0.529. The maximum absolute atomic E-state index is 12.2. The molecule has 0 saturated heterocycles. The van der Waals surface area contributed by atoms with Crippen LogP contribution in [0.3, 0.4) is 0 Å². The first kappa shape index (κ1) is 15.5. The van der Waals surface area contributed by atoms with Gasteiger partial charge in [0.1, 0.15) is 11.6 Å². The van der Waals surface area contributed by atoms with Gasteiger partial charge in [0, 0.05) is 5.56 Å². The van der Waals surface area contributed by atoms with E-state index < -0.39 is 17.6 Å². The van der Waals surface area contributed by atoms with Crippen molar-refractivity contribution < 1.29 is 14.3 Å². The number of carbonyl (C=O) groups excluding carboxylic acids is 2. The normalized spacial score (nSPS) is 15.2. The predicted octanol–water partition coefficient (Wildman–Crippen LogP) is 2.64. The molecular formula is C17H23NO3. The molecule has 4 heteroatoms. The molecule has 1 N–H and O–H groups in total. The maximum atomic E-state index is 12.2. The van der Waals surface area contributed by atoms with Crippen LogP contribution in [0.5, 0.6) is 0 Å². The van der Waals surface area contributed by atoms with Crippen LogP contribution in [-0.2, 0) is 22.4 Å². The lowest BCUT2D eigenvalue weighted by molar-refractivity contribution is -0.156. The van der Waals surface area contributed by atoms with Crippen molar-refractivity contribution in [2.24, 2.45) is 0 Å². The number of nitrogens with one attached hydrogen (secondary N) is 1. The zero-order valence-electron chi connectivity index (χ0n) is 13.2. The molecule has 114 valence electrons. The van der Waals surface area contributed by atoms with E-state index in [0.717, 1.165) is 19.3 Å². The van der Waals surface area contributed by atoms with Gasteiger partial charge in [0.05, 0.1) is 0 Å². The van der Waals surface area contributed by atoms with Crippen LogP contribution in [0, 0.1) is 0 Å². The molecule has 1 atom stereocenters. The fourth-order valence-electron chi connectivity index (χ4n) is 2.44. The molecule has 0 unspecified atom stereocenters. The van der Waals surface area contributed by atoms with Gasteiger partial charge in [0.15, 0.2) is 0 Å². The molecule has 0 fully saturated rings. The van der Waals surface area contributed by atoms with Crippen LogP contribution in [0.1, 0.15) is 55.6 Å². The van der Waals surface area contributed by atoms with E-state index in [1.165, 1.54) is 11.1 Å². The van der Waals surface area contributed by atoms with E-state index in [1.54, 1.807) is 27.7 Å². The predicted molar refractivity (Wildman–Crippen MR) is 81.2 cm³/mol. The number of esters is 1. The Labute approximate surface area is 125 Å². The van der Waals surface area contributed by atoms with Gasteiger partial charge < -0.3 is 10.1 Å². The van der Waals surface area contributed by atoms with Gasteiger partial charge in [-0.1, -0.05) is 6.07 Å².